The van der Waals surface area contributed by atoms with Gasteiger partial charge in [-0.25, -0.2) is 0 Å². The maximum absolute atomic E-state index is 12.5. The number of hydrogen-bond acceptors (Lipinski definition) is 3. The van der Waals surface area contributed by atoms with Crippen LogP contribution < -0.4 is 0 Å². The molecule has 0 spiro atoms. The second-order valence-corrected chi connectivity index (χ2v) is 6.84. The van der Waals surface area contributed by atoms with Gasteiger partial charge >= 0.3 is 0 Å². The van der Waals surface area contributed by atoms with Crippen molar-refractivity contribution in [1.82, 2.24) is 0 Å². The average Bonchev–Trinajstić information content (AvgIpc) is 2.62. The molecule has 0 saturated heterocycles. The van der Waals surface area contributed by atoms with Crippen molar-refractivity contribution in [2.75, 3.05) is 0 Å². The Balaban J connectivity index is 2.26. The fourth-order valence-corrected chi connectivity index (χ4v) is 3.57. The third kappa shape index (κ3) is 1.63. The van der Waals surface area contributed by atoms with Crippen LogP contribution in [0.3, 0.4) is 0 Å². The van der Waals surface area contributed by atoms with Crippen molar-refractivity contribution in [2.24, 2.45) is 16.7 Å². The van der Waals surface area contributed by atoms with Gasteiger partial charge < -0.3 is 0 Å². The number of nitriles is 1. The summed E-state index contributed by atoms with van der Waals surface area (Å²) >= 11 is 1.49. The first-order valence-electron chi connectivity index (χ1n) is 5.80. The van der Waals surface area contributed by atoms with E-state index < -0.39 is 5.92 Å². The van der Waals surface area contributed by atoms with Crippen LogP contribution in [0.15, 0.2) is 17.5 Å². The van der Waals surface area contributed by atoms with E-state index in [9.17, 15) is 10.1 Å². The monoisotopic (exact) mass is 247 g/mol. The largest absolute Gasteiger partial charge is 0.297 e. The Hall–Kier alpha value is -1.14. The Morgan fingerprint density at radius 1 is 1.41 bits per heavy atom. The Morgan fingerprint density at radius 3 is 2.35 bits per heavy atom. The number of Topliss-reactive ketones (excluding diaryl/α,β-unsaturated/α-hetero) is 1. The molecule has 0 radical (unpaired) electrons. The van der Waals surface area contributed by atoms with E-state index in [1.807, 2.05) is 17.5 Å². The Labute approximate surface area is 106 Å². The fourth-order valence-electron chi connectivity index (χ4n) is 2.80. The van der Waals surface area contributed by atoms with Crippen LogP contribution in [0, 0.1) is 28.1 Å². The number of thiophene rings is 1. The van der Waals surface area contributed by atoms with Crippen molar-refractivity contribution in [2.45, 2.75) is 33.6 Å². The van der Waals surface area contributed by atoms with E-state index in [-0.39, 0.29) is 22.5 Å². The van der Waals surface area contributed by atoms with Gasteiger partial charge in [0, 0.05) is 10.8 Å². The van der Waals surface area contributed by atoms with Crippen LogP contribution in [0.1, 0.15) is 38.5 Å². The van der Waals surface area contributed by atoms with Crippen LogP contribution in [0.4, 0.5) is 0 Å². The first-order chi connectivity index (χ1) is 7.84. The summed E-state index contributed by atoms with van der Waals surface area (Å²) in [7, 11) is 0. The van der Waals surface area contributed by atoms with Gasteiger partial charge in [-0.1, -0.05) is 33.8 Å². The highest BCUT2D eigenvalue weighted by atomic mass is 32.1. The minimum Gasteiger partial charge on any atom is -0.297 e. The molecule has 0 amide bonds. The van der Waals surface area contributed by atoms with Gasteiger partial charge in [-0.15, -0.1) is 11.3 Å². The maximum Gasteiger partial charge on any atom is 0.159 e. The fraction of sp³-hybridized carbons (Fsp3) is 0.571. The highest BCUT2D eigenvalue weighted by Gasteiger charge is 2.68. The first-order valence-corrected chi connectivity index (χ1v) is 6.68. The SMILES string of the molecule is CC1(C)C(C(=O)C(C#N)c2cccs2)C1(C)C. The summed E-state index contributed by atoms with van der Waals surface area (Å²) in [5.41, 5.74) is 0.0207. The second kappa shape index (κ2) is 3.68. The summed E-state index contributed by atoms with van der Waals surface area (Å²) in [6.45, 7) is 8.44. The van der Waals surface area contributed by atoms with E-state index in [1.54, 1.807) is 0 Å². The molecule has 1 saturated carbocycles. The molecule has 90 valence electrons. The van der Waals surface area contributed by atoms with Gasteiger partial charge in [0.25, 0.3) is 0 Å². The lowest BCUT2D eigenvalue weighted by Crippen LogP contribution is -2.15. The molecule has 1 aliphatic rings. The minimum absolute atomic E-state index is 0.00162. The van der Waals surface area contributed by atoms with Crippen molar-refractivity contribution in [3.63, 3.8) is 0 Å². The third-order valence-corrected chi connectivity index (χ3v) is 5.48. The summed E-state index contributed by atoms with van der Waals surface area (Å²) in [5.74, 6) is -0.493. The zero-order valence-corrected chi connectivity index (χ0v) is 11.5. The van der Waals surface area contributed by atoms with E-state index in [0.29, 0.717) is 0 Å². The van der Waals surface area contributed by atoms with E-state index >= 15 is 0 Å². The standard InChI is InChI=1S/C14H17NOS/c1-13(2)12(14(13,3)4)11(16)9(8-15)10-6-5-7-17-10/h5-7,9,12H,1-4H3. The molecule has 17 heavy (non-hydrogen) atoms. The Morgan fingerprint density at radius 2 is 2.00 bits per heavy atom. The average molecular weight is 247 g/mol. The van der Waals surface area contributed by atoms with Gasteiger partial charge in [0.15, 0.2) is 5.78 Å². The number of carbonyl (C=O) groups excluding carboxylic acids is 1. The smallest absolute Gasteiger partial charge is 0.159 e. The molecule has 1 fully saturated rings. The Kier molecular flexibility index (Phi) is 2.67. The first kappa shape index (κ1) is 12.3. The van der Waals surface area contributed by atoms with E-state index in [1.165, 1.54) is 11.3 Å². The van der Waals surface area contributed by atoms with Crippen molar-refractivity contribution >= 4 is 17.1 Å². The highest BCUT2D eigenvalue weighted by Crippen LogP contribution is 2.69. The molecule has 1 aliphatic carbocycles. The number of nitrogens with zero attached hydrogens (tertiary/aromatic N) is 1. The maximum atomic E-state index is 12.5. The Bertz CT molecular complexity index is 465. The summed E-state index contributed by atoms with van der Waals surface area (Å²) in [6.07, 6.45) is 0. The zero-order chi connectivity index (χ0) is 12.8. The van der Waals surface area contributed by atoms with E-state index in [4.69, 9.17) is 0 Å². The van der Waals surface area contributed by atoms with Gasteiger partial charge in [-0.2, -0.15) is 5.26 Å². The van der Waals surface area contributed by atoms with Gasteiger partial charge in [-0.3, -0.25) is 4.79 Å². The third-order valence-electron chi connectivity index (χ3n) is 4.55. The van der Waals surface area contributed by atoms with Gasteiger partial charge in [0.2, 0.25) is 0 Å². The van der Waals surface area contributed by atoms with Crippen molar-refractivity contribution in [3.8, 4) is 6.07 Å². The second-order valence-electron chi connectivity index (χ2n) is 5.86. The molecule has 2 nitrogen and oxygen atoms in total. The molecule has 0 aromatic carbocycles. The molecular formula is C14H17NOS. The molecule has 0 N–H and O–H groups in total. The van der Waals surface area contributed by atoms with Crippen molar-refractivity contribution in [3.05, 3.63) is 22.4 Å². The summed E-state index contributed by atoms with van der Waals surface area (Å²) < 4.78 is 0. The van der Waals surface area contributed by atoms with E-state index in [2.05, 4.69) is 33.8 Å². The minimum atomic E-state index is -0.582. The predicted octanol–water partition coefficient (Wildman–Crippen LogP) is 3.61. The molecule has 0 aliphatic heterocycles. The van der Waals surface area contributed by atoms with Crippen LogP contribution in [-0.4, -0.2) is 5.78 Å². The quantitative estimate of drug-likeness (QED) is 0.818. The lowest BCUT2D eigenvalue weighted by Gasteiger charge is -2.07. The van der Waals surface area contributed by atoms with Crippen LogP contribution >= 0.6 is 11.3 Å². The number of hydrogen-bond donors (Lipinski definition) is 0. The topological polar surface area (TPSA) is 40.9 Å². The molecule has 1 heterocycles. The molecule has 0 bridgehead atoms. The van der Waals surface area contributed by atoms with E-state index in [0.717, 1.165) is 4.88 Å². The van der Waals surface area contributed by atoms with Crippen LogP contribution in [0.5, 0.6) is 0 Å². The molecule has 3 heteroatoms. The van der Waals surface area contributed by atoms with Crippen LogP contribution in [0.2, 0.25) is 0 Å². The number of rotatable bonds is 3. The summed E-state index contributed by atoms with van der Waals surface area (Å²) in [4.78, 5) is 13.3. The normalized spacial score (nSPS) is 22.8. The van der Waals surface area contributed by atoms with Crippen molar-refractivity contribution < 1.29 is 4.79 Å². The molecule has 1 unspecified atom stereocenters. The highest BCUT2D eigenvalue weighted by molar-refractivity contribution is 7.10. The lowest BCUT2D eigenvalue weighted by atomic mass is 9.95. The molecule has 1 atom stereocenters. The lowest BCUT2D eigenvalue weighted by molar-refractivity contribution is -0.121. The molecule has 2 rings (SSSR count). The zero-order valence-electron chi connectivity index (χ0n) is 10.7. The van der Waals surface area contributed by atoms with Crippen LogP contribution in [-0.2, 0) is 4.79 Å². The summed E-state index contributed by atoms with van der Waals surface area (Å²) in [5, 5.41) is 11.1. The summed E-state index contributed by atoms with van der Waals surface area (Å²) in [6, 6.07) is 5.93. The number of ketones is 1. The molecule has 1 aromatic rings. The molecular weight excluding hydrogens is 230 g/mol. The van der Waals surface area contributed by atoms with Crippen molar-refractivity contribution in [1.29, 1.82) is 5.26 Å². The van der Waals surface area contributed by atoms with Gasteiger partial charge in [0.05, 0.1) is 6.07 Å². The molecule has 1 aromatic heterocycles. The van der Waals surface area contributed by atoms with Gasteiger partial charge in [0.1, 0.15) is 5.92 Å². The predicted molar refractivity (Wildman–Crippen MR) is 68.7 cm³/mol. The van der Waals surface area contributed by atoms with Gasteiger partial charge in [-0.05, 0) is 22.3 Å². The number of carbonyl (C=O) groups is 1. The van der Waals surface area contributed by atoms with Crippen LogP contribution in [0.25, 0.3) is 0 Å².